The summed E-state index contributed by atoms with van der Waals surface area (Å²) in [6, 6.07) is 2.31. The Balaban J connectivity index is 1.89. The molecule has 0 radical (unpaired) electrons. The lowest BCUT2D eigenvalue weighted by Crippen LogP contribution is -2.45. The van der Waals surface area contributed by atoms with Gasteiger partial charge < -0.3 is 10.1 Å². The van der Waals surface area contributed by atoms with E-state index in [0.29, 0.717) is 0 Å². The van der Waals surface area contributed by atoms with Crippen molar-refractivity contribution < 1.29 is 27.5 Å². The van der Waals surface area contributed by atoms with E-state index in [4.69, 9.17) is 4.74 Å². The molecule has 1 fully saturated rings. The highest BCUT2D eigenvalue weighted by atomic mass is 32.2. The number of ether oxygens (including phenoxy) is 1. The molecule has 1 aliphatic rings. The Bertz CT molecular complexity index is 790. The van der Waals surface area contributed by atoms with Crippen LogP contribution in [0.3, 0.4) is 0 Å². The molecule has 1 aromatic heterocycles. The van der Waals surface area contributed by atoms with Crippen LogP contribution >= 0.6 is 0 Å². The molecular weight excluding hydrogens is 376 g/mol. The molecule has 2 rings (SSSR count). The molecule has 148 valence electrons. The molecule has 1 unspecified atom stereocenters. The molecule has 0 aromatic carbocycles. The summed E-state index contributed by atoms with van der Waals surface area (Å²) in [6.45, 7) is 1.68. The van der Waals surface area contributed by atoms with Gasteiger partial charge in [-0.3, -0.25) is 19.9 Å². The monoisotopic (exact) mass is 398 g/mol. The van der Waals surface area contributed by atoms with Crippen LogP contribution in [0.15, 0.2) is 29.4 Å². The average Bonchev–Trinajstić information content (AvgIpc) is 2.68. The molecule has 27 heavy (non-hydrogen) atoms. The number of piperidine rings is 1. The maximum Gasteiger partial charge on any atom is 0.321 e. The molecule has 0 saturated carbocycles. The first kappa shape index (κ1) is 20.8. The minimum atomic E-state index is -3.65. The number of esters is 1. The van der Waals surface area contributed by atoms with Gasteiger partial charge in [-0.05, 0) is 31.9 Å². The number of carbonyl (C=O) groups excluding carboxylic acids is 3. The topological polar surface area (TPSA) is 135 Å². The van der Waals surface area contributed by atoms with Gasteiger partial charge in [-0.25, -0.2) is 13.2 Å². The second-order valence-electron chi connectivity index (χ2n) is 6.01. The highest BCUT2D eigenvalue weighted by molar-refractivity contribution is 7.89. The average molecular weight is 398 g/mol. The molecule has 1 aromatic rings. The zero-order valence-electron chi connectivity index (χ0n) is 15.0. The number of sulfonamides is 1. The van der Waals surface area contributed by atoms with Crippen molar-refractivity contribution in [3.8, 4) is 0 Å². The number of urea groups is 1. The summed E-state index contributed by atoms with van der Waals surface area (Å²) in [5.41, 5.74) is 0. The lowest BCUT2D eigenvalue weighted by Gasteiger charge is -2.30. The molecule has 1 atom stereocenters. The first-order chi connectivity index (χ1) is 12.8. The van der Waals surface area contributed by atoms with Gasteiger partial charge in [0.1, 0.15) is 4.90 Å². The fraction of sp³-hybridized carbons (Fsp3) is 0.500. The number of imide groups is 1. The quantitative estimate of drug-likeness (QED) is 0.660. The first-order valence-electron chi connectivity index (χ1n) is 8.39. The first-order valence-corrected chi connectivity index (χ1v) is 9.83. The lowest BCUT2D eigenvalue weighted by molar-refractivity contribution is -0.159. The van der Waals surface area contributed by atoms with Crippen molar-refractivity contribution in [1.82, 2.24) is 19.9 Å². The Kier molecular flexibility index (Phi) is 6.86. The van der Waals surface area contributed by atoms with Crippen LogP contribution in [-0.4, -0.2) is 61.9 Å². The maximum atomic E-state index is 12.5. The van der Waals surface area contributed by atoms with Crippen molar-refractivity contribution in [1.29, 1.82) is 0 Å². The van der Waals surface area contributed by atoms with Crippen LogP contribution in [0.2, 0.25) is 0 Å². The normalized spacial score (nSPS) is 17.0. The molecule has 2 N–H and O–H groups in total. The Morgan fingerprint density at radius 2 is 1.96 bits per heavy atom. The highest BCUT2D eigenvalue weighted by Gasteiger charge is 2.34. The molecule has 0 spiro atoms. The minimum absolute atomic E-state index is 0.102. The van der Waals surface area contributed by atoms with Gasteiger partial charge in [0.05, 0.1) is 5.92 Å². The number of hydrogen-bond acceptors (Lipinski definition) is 7. The van der Waals surface area contributed by atoms with Gasteiger partial charge in [-0.1, -0.05) is 0 Å². The summed E-state index contributed by atoms with van der Waals surface area (Å²) in [6.07, 6.45) is 2.20. The third-order valence-corrected chi connectivity index (χ3v) is 6.07. The van der Waals surface area contributed by atoms with Crippen molar-refractivity contribution in [2.24, 2.45) is 5.92 Å². The summed E-state index contributed by atoms with van der Waals surface area (Å²) in [4.78, 5) is 39.0. The zero-order chi connectivity index (χ0) is 20.0. The van der Waals surface area contributed by atoms with Crippen molar-refractivity contribution >= 4 is 27.9 Å². The van der Waals surface area contributed by atoms with Gasteiger partial charge in [0, 0.05) is 32.5 Å². The van der Waals surface area contributed by atoms with Crippen LogP contribution in [0.25, 0.3) is 0 Å². The van der Waals surface area contributed by atoms with Gasteiger partial charge in [0.25, 0.3) is 5.91 Å². The molecule has 2 heterocycles. The van der Waals surface area contributed by atoms with Crippen LogP contribution in [0.5, 0.6) is 0 Å². The fourth-order valence-electron chi connectivity index (χ4n) is 2.58. The molecule has 0 bridgehead atoms. The summed E-state index contributed by atoms with van der Waals surface area (Å²) in [5, 5.41) is 4.24. The Morgan fingerprint density at radius 3 is 2.52 bits per heavy atom. The predicted octanol–water partition coefficient (Wildman–Crippen LogP) is -0.130. The smallest absolute Gasteiger partial charge is 0.321 e. The Morgan fingerprint density at radius 1 is 1.30 bits per heavy atom. The van der Waals surface area contributed by atoms with E-state index >= 15 is 0 Å². The van der Waals surface area contributed by atoms with Crippen LogP contribution < -0.4 is 10.6 Å². The number of rotatable bonds is 5. The number of hydrogen-bond donors (Lipinski definition) is 2. The second-order valence-corrected chi connectivity index (χ2v) is 7.95. The Labute approximate surface area is 157 Å². The van der Waals surface area contributed by atoms with Crippen molar-refractivity contribution in [3.63, 3.8) is 0 Å². The molecule has 10 nitrogen and oxygen atoms in total. The van der Waals surface area contributed by atoms with Crippen LogP contribution in [-0.2, 0) is 24.3 Å². The van der Waals surface area contributed by atoms with E-state index in [2.05, 4.69) is 10.3 Å². The van der Waals surface area contributed by atoms with Gasteiger partial charge in [-0.15, -0.1) is 0 Å². The SMILES string of the molecule is CNC(=O)NC(=O)C(C)OC(=O)C1CCN(S(=O)(=O)c2cccnc2)CC1. The second kappa shape index (κ2) is 8.91. The van der Waals surface area contributed by atoms with Crippen molar-refractivity contribution in [2.45, 2.75) is 30.8 Å². The van der Waals surface area contributed by atoms with E-state index in [-0.39, 0.29) is 30.8 Å². The largest absolute Gasteiger partial charge is 0.452 e. The van der Waals surface area contributed by atoms with E-state index in [1.807, 2.05) is 5.32 Å². The van der Waals surface area contributed by atoms with E-state index < -0.39 is 40.0 Å². The van der Waals surface area contributed by atoms with E-state index in [9.17, 15) is 22.8 Å². The number of carbonyl (C=O) groups is 3. The highest BCUT2D eigenvalue weighted by Crippen LogP contribution is 2.24. The standard InChI is InChI=1S/C16H22N4O6S/c1-11(14(21)19-16(23)17-2)26-15(22)12-5-8-20(9-6-12)27(24,25)13-4-3-7-18-10-13/h3-4,7,10-12H,5-6,8-9H2,1-2H3,(H2,17,19,21,23). The Hall–Kier alpha value is -2.53. The molecule has 1 saturated heterocycles. The third kappa shape index (κ3) is 5.23. The van der Waals surface area contributed by atoms with Crippen LogP contribution in [0.1, 0.15) is 19.8 Å². The number of aromatic nitrogens is 1. The molecule has 3 amide bonds. The fourth-order valence-corrected chi connectivity index (χ4v) is 4.01. The summed E-state index contributed by atoms with van der Waals surface area (Å²) >= 11 is 0. The van der Waals surface area contributed by atoms with Crippen LogP contribution in [0.4, 0.5) is 4.79 Å². The van der Waals surface area contributed by atoms with Gasteiger partial charge >= 0.3 is 12.0 Å². The summed E-state index contributed by atoms with van der Waals surface area (Å²) in [7, 11) is -2.30. The number of nitrogens with one attached hydrogen (secondary N) is 2. The summed E-state index contributed by atoms with van der Waals surface area (Å²) < 4.78 is 31.5. The lowest BCUT2D eigenvalue weighted by atomic mass is 9.98. The zero-order valence-corrected chi connectivity index (χ0v) is 15.9. The van der Waals surface area contributed by atoms with E-state index in [1.165, 1.54) is 36.7 Å². The minimum Gasteiger partial charge on any atom is -0.452 e. The third-order valence-electron chi connectivity index (χ3n) is 4.19. The number of pyridine rings is 1. The predicted molar refractivity (Wildman–Crippen MR) is 93.9 cm³/mol. The molecular formula is C16H22N4O6S. The maximum absolute atomic E-state index is 12.5. The molecule has 1 aliphatic heterocycles. The number of amides is 3. The summed E-state index contributed by atoms with van der Waals surface area (Å²) in [5.74, 6) is -1.84. The van der Waals surface area contributed by atoms with Gasteiger partial charge in [0.2, 0.25) is 10.0 Å². The van der Waals surface area contributed by atoms with E-state index in [1.54, 1.807) is 6.07 Å². The van der Waals surface area contributed by atoms with Crippen molar-refractivity contribution in [2.75, 3.05) is 20.1 Å². The van der Waals surface area contributed by atoms with Gasteiger partial charge in [-0.2, -0.15) is 4.31 Å². The van der Waals surface area contributed by atoms with Gasteiger partial charge in [0.15, 0.2) is 6.10 Å². The van der Waals surface area contributed by atoms with Crippen molar-refractivity contribution in [3.05, 3.63) is 24.5 Å². The van der Waals surface area contributed by atoms with E-state index in [0.717, 1.165) is 0 Å². The van der Waals surface area contributed by atoms with Crippen LogP contribution in [0, 0.1) is 5.92 Å². The molecule has 11 heteroatoms. The number of nitrogens with zero attached hydrogens (tertiary/aromatic N) is 2. The molecule has 0 aliphatic carbocycles.